The minimum atomic E-state index is -0.753. The Morgan fingerprint density at radius 1 is 1.00 bits per heavy atom. The number of nitrogens with zero attached hydrogens (tertiary/aromatic N) is 1. The Labute approximate surface area is 133 Å². The number of carbonyl (C=O) groups excluding carboxylic acids is 2. The van der Waals surface area contributed by atoms with E-state index in [2.05, 4.69) is 9.72 Å². The third-order valence-corrected chi connectivity index (χ3v) is 3.23. The summed E-state index contributed by atoms with van der Waals surface area (Å²) in [5.41, 5.74) is 6.86. The van der Waals surface area contributed by atoms with Crippen molar-refractivity contribution < 1.29 is 23.8 Å². The molecule has 0 saturated heterocycles. The highest BCUT2D eigenvalue weighted by atomic mass is 16.5. The molecule has 0 atom stereocenters. The first-order chi connectivity index (χ1) is 11.0. The van der Waals surface area contributed by atoms with Crippen molar-refractivity contribution in [2.24, 2.45) is 0 Å². The molecule has 2 N–H and O–H groups in total. The van der Waals surface area contributed by atoms with E-state index in [0.717, 1.165) is 0 Å². The number of nitrogens with two attached hydrogens (primary N) is 1. The fourth-order valence-corrected chi connectivity index (χ4v) is 2.06. The summed E-state index contributed by atoms with van der Waals surface area (Å²) in [6, 6.07) is 8.47. The Balaban J connectivity index is 2.60. The van der Waals surface area contributed by atoms with Gasteiger partial charge in [0.15, 0.2) is 0 Å². The zero-order valence-corrected chi connectivity index (χ0v) is 13.0. The van der Waals surface area contributed by atoms with Crippen LogP contribution in [0.2, 0.25) is 0 Å². The molecular weight excluding hydrogens is 300 g/mol. The fourth-order valence-electron chi connectivity index (χ4n) is 2.06. The molecule has 0 radical (unpaired) electrons. The molecule has 0 unspecified atom stereocenters. The number of aromatic nitrogens is 1. The molecule has 1 heterocycles. The summed E-state index contributed by atoms with van der Waals surface area (Å²) in [5, 5.41) is 0. The number of esters is 2. The van der Waals surface area contributed by atoms with Crippen molar-refractivity contribution in [2.75, 3.05) is 27.1 Å². The topological polar surface area (TPSA) is 101 Å². The van der Waals surface area contributed by atoms with Crippen LogP contribution in [0, 0.1) is 0 Å². The van der Waals surface area contributed by atoms with Gasteiger partial charge in [-0.05, 0) is 30.3 Å². The lowest BCUT2D eigenvalue weighted by molar-refractivity contribution is 0.0556. The number of hydrogen-bond acceptors (Lipinski definition) is 7. The van der Waals surface area contributed by atoms with Gasteiger partial charge < -0.3 is 19.9 Å². The van der Waals surface area contributed by atoms with E-state index in [4.69, 9.17) is 15.2 Å². The maximum absolute atomic E-state index is 12.0. The zero-order valence-electron chi connectivity index (χ0n) is 13.0. The highest BCUT2D eigenvalue weighted by Gasteiger charge is 2.24. The Kier molecular flexibility index (Phi) is 4.80. The van der Waals surface area contributed by atoms with Gasteiger partial charge in [-0.1, -0.05) is 0 Å². The van der Waals surface area contributed by atoms with Gasteiger partial charge in [0.25, 0.3) is 0 Å². The monoisotopic (exact) mass is 316 g/mol. The smallest absolute Gasteiger partial charge is 0.342 e. The summed E-state index contributed by atoms with van der Waals surface area (Å²) in [6.45, 7) is 0. The van der Waals surface area contributed by atoms with Crippen molar-refractivity contribution in [3.63, 3.8) is 0 Å². The maximum Gasteiger partial charge on any atom is 0.342 e. The van der Waals surface area contributed by atoms with Gasteiger partial charge >= 0.3 is 11.9 Å². The van der Waals surface area contributed by atoms with Crippen molar-refractivity contribution in [3.8, 4) is 17.0 Å². The first kappa shape index (κ1) is 16.3. The van der Waals surface area contributed by atoms with E-state index in [-0.39, 0.29) is 16.9 Å². The van der Waals surface area contributed by atoms with E-state index in [1.165, 1.54) is 20.3 Å². The predicted octanol–water partition coefficient (Wildman–Crippen LogP) is 1.91. The van der Waals surface area contributed by atoms with Gasteiger partial charge in [-0.3, -0.25) is 0 Å². The number of hydrogen-bond donors (Lipinski definition) is 1. The second-order valence-electron chi connectivity index (χ2n) is 4.53. The van der Waals surface area contributed by atoms with E-state index in [9.17, 15) is 9.59 Å². The van der Waals surface area contributed by atoms with E-state index in [1.54, 1.807) is 31.4 Å². The van der Waals surface area contributed by atoms with Crippen LogP contribution in [-0.4, -0.2) is 38.3 Å². The molecule has 0 aliphatic carbocycles. The van der Waals surface area contributed by atoms with Crippen LogP contribution in [0.15, 0.2) is 30.3 Å². The summed E-state index contributed by atoms with van der Waals surface area (Å²) in [4.78, 5) is 28.0. The molecule has 120 valence electrons. The number of ether oxygens (including phenoxy) is 3. The summed E-state index contributed by atoms with van der Waals surface area (Å²) in [6.07, 6.45) is 0. The first-order valence-corrected chi connectivity index (χ1v) is 6.63. The van der Waals surface area contributed by atoms with Crippen LogP contribution in [-0.2, 0) is 9.47 Å². The molecule has 23 heavy (non-hydrogen) atoms. The number of anilines is 1. The standard InChI is InChI=1S/C16H16N2O5/c1-21-10-6-4-9(5-7-10)12-8-11(15(19)22-2)13(14(17)18-12)16(20)23-3/h4-8H,1-3H3,(H2,17,18). The summed E-state index contributed by atoms with van der Waals surface area (Å²) in [5.74, 6) is -0.877. The first-order valence-electron chi connectivity index (χ1n) is 6.63. The SMILES string of the molecule is COC(=O)c1cc(-c2ccc(OC)cc2)nc(N)c1C(=O)OC. The molecule has 0 aliphatic rings. The van der Waals surface area contributed by atoms with E-state index < -0.39 is 11.9 Å². The lowest BCUT2D eigenvalue weighted by Gasteiger charge is -2.11. The highest BCUT2D eigenvalue weighted by Crippen LogP contribution is 2.26. The number of rotatable bonds is 4. The molecule has 1 aromatic carbocycles. The Morgan fingerprint density at radius 3 is 2.13 bits per heavy atom. The van der Waals surface area contributed by atoms with E-state index >= 15 is 0 Å². The minimum absolute atomic E-state index is 0.00216. The third-order valence-electron chi connectivity index (χ3n) is 3.23. The third kappa shape index (κ3) is 3.23. The number of benzene rings is 1. The molecule has 0 spiro atoms. The Hall–Kier alpha value is -3.09. The molecular formula is C16H16N2O5. The summed E-state index contributed by atoms with van der Waals surface area (Å²) < 4.78 is 14.4. The number of carbonyl (C=O) groups is 2. The molecule has 0 saturated carbocycles. The summed E-state index contributed by atoms with van der Waals surface area (Å²) in [7, 11) is 3.97. The van der Waals surface area contributed by atoms with E-state index in [0.29, 0.717) is 17.0 Å². The predicted molar refractivity (Wildman–Crippen MR) is 83.3 cm³/mol. The van der Waals surface area contributed by atoms with Crippen LogP contribution in [0.4, 0.5) is 5.82 Å². The molecule has 0 amide bonds. The van der Waals surface area contributed by atoms with Gasteiger partial charge in [0, 0.05) is 5.56 Å². The van der Waals surface area contributed by atoms with Crippen molar-refractivity contribution in [1.29, 1.82) is 0 Å². The largest absolute Gasteiger partial charge is 0.497 e. The zero-order chi connectivity index (χ0) is 17.0. The lowest BCUT2D eigenvalue weighted by atomic mass is 10.0. The van der Waals surface area contributed by atoms with Gasteiger partial charge in [-0.25, -0.2) is 14.6 Å². The van der Waals surface area contributed by atoms with Gasteiger partial charge in [-0.2, -0.15) is 0 Å². The molecule has 0 aliphatic heterocycles. The van der Waals surface area contributed by atoms with Crippen LogP contribution in [0.5, 0.6) is 5.75 Å². The van der Waals surface area contributed by atoms with Crippen molar-refractivity contribution in [3.05, 3.63) is 41.5 Å². The van der Waals surface area contributed by atoms with Crippen LogP contribution in [0.3, 0.4) is 0 Å². The van der Waals surface area contributed by atoms with Crippen molar-refractivity contribution in [1.82, 2.24) is 4.98 Å². The number of nitrogen functional groups attached to an aromatic ring is 1. The molecule has 7 nitrogen and oxygen atoms in total. The van der Waals surface area contributed by atoms with Crippen LogP contribution in [0.1, 0.15) is 20.7 Å². The molecule has 2 aromatic rings. The van der Waals surface area contributed by atoms with Crippen molar-refractivity contribution in [2.45, 2.75) is 0 Å². The minimum Gasteiger partial charge on any atom is -0.497 e. The normalized spacial score (nSPS) is 10.0. The van der Waals surface area contributed by atoms with Crippen LogP contribution < -0.4 is 10.5 Å². The highest BCUT2D eigenvalue weighted by molar-refractivity contribution is 6.06. The molecule has 1 aromatic heterocycles. The van der Waals surface area contributed by atoms with Crippen LogP contribution in [0.25, 0.3) is 11.3 Å². The number of pyridine rings is 1. The average molecular weight is 316 g/mol. The quantitative estimate of drug-likeness (QED) is 0.860. The molecule has 0 bridgehead atoms. The Morgan fingerprint density at radius 2 is 1.61 bits per heavy atom. The van der Waals surface area contributed by atoms with Crippen LogP contribution >= 0.6 is 0 Å². The van der Waals surface area contributed by atoms with Crippen molar-refractivity contribution >= 4 is 17.8 Å². The van der Waals surface area contributed by atoms with Gasteiger partial charge in [0.1, 0.15) is 17.1 Å². The van der Waals surface area contributed by atoms with Gasteiger partial charge in [0.2, 0.25) is 0 Å². The average Bonchev–Trinajstić information content (AvgIpc) is 2.59. The molecule has 2 rings (SSSR count). The Bertz CT molecular complexity index is 741. The summed E-state index contributed by atoms with van der Waals surface area (Å²) >= 11 is 0. The van der Waals surface area contributed by atoms with Gasteiger partial charge in [-0.15, -0.1) is 0 Å². The fraction of sp³-hybridized carbons (Fsp3) is 0.188. The van der Waals surface area contributed by atoms with E-state index in [1.807, 2.05) is 0 Å². The molecule has 7 heteroatoms. The van der Waals surface area contributed by atoms with Gasteiger partial charge in [0.05, 0.1) is 32.6 Å². The second-order valence-corrected chi connectivity index (χ2v) is 4.53. The second kappa shape index (κ2) is 6.78. The number of methoxy groups -OCH3 is 3. The molecule has 0 fully saturated rings. The lowest BCUT2D eigenvalue weighted by Crippen LogP contribution is -2.16. The maximum atomic E-state index is 12.0.